The minimum Gasteiger partial charge on any atom is -0.397 e. The van der Waals surface area contributed by atoms with Crippen LogP contribution >= 0.6 is 0 Å². The lowest BCUT2D eigenvalue weighted by Gasteiger charge is -2.11. The molecule has 1 heterocycles. The summed E-state index contributed by atoms with van der Waals surface area (Å²) in [5.74, 6) is -0.242. The van der Waals surface area contributed by atoms with Gasteiger partial charge in [-0.15, -0.1) is 0 Å². The molecular formula is C14H15N3O. The molecule has 92 valence electrons. The third-order valence-corrected chi connectivity index (χ3v) is 2.77. The zero-order chi connectivity index (χ0) is 13.1. The first-order chi connectivity index (χ1) is 8.59. The Bertz CT molecular complexity index is 573. The Morgan fingerprint density at radius 1 is 1.17 bits per heavy atom. The highest BCUT2D eigenvalue weighted by Gasteiger charge is 2.12. The SMILES string of the molecule is Cc1cccnc1C(=O)Nc1c(C)cccc1N. The molecule has 0 aliphatic rings. The van der Waals surface area contributed by atoms with Gasteiger partial charge in [-0.3, -0.25) is 9.78 Å². The number of benzene rings is 1. The highest BCUT2D eigenvalue weighted by Crippen LogP contribution is 2.23. The average Bonchev–Trinajstić information content (AvgIpc) is 2.34. The molecule has 0 aliphatic carbocycles. The summed E-state index contributed by atoms with van der Waals surface area (Å²) in [7, 11) is 0. The summed E-state index contributed by atoms with van der Waals surface area (Å²) in [4.78, 5) is 16.2. The van der Waals surface area contributed by atoms with Crippen molar-refractivity contribution in [2.75, 3.05) is 11.1 Å². The van der Waals surface area contributed by atoms with E-state index in [1.807, 2.05) is 32.0 Å². The van der Waals surface area contributed by atoms with Gasteiger partial charge in [0.15, 0.2) is 0 Å². The van der Waals surface area contributed by atoms with Gasteiger partial charge in [-0.25, -0.2) is 0 Å². The van der Waals surface area contributed by atoms with Crippen LogP contribution in [0.1, 0.15) is 21.6 Å². The van der Waals surface area contributed by atoms with Crippen LogP contribution in [0.4, 0.5) is 11.4 Å². The number of anilines is 2. The number of amides is 1. The molecule has 0 spiro atoms. The quantitative estimate of drug-likeness (QED) is 0.794. The summed E-state index contributed by atoms with van der Waals surface area (Å²) >= 11 is 0. The summed E-state index contributed by atoms with van der Waals surface area (Å²) < 4.78 is 0. The zero-order valence-corrected chi connectivity index (χ0v) is 10.4. The molecule has 0 radical (unpaired) electrons. The predicted octanol–water partition coefficient (Wildman–Crippen LogP) is 2.53. The summed E-state index contributed by atoms with van der Waals surface area (Å²) in [6.45, 7) is 3.75. The number of nitrogens with one attached hydrogen (secondary N) is 1. The van der Waals surface area contributed by atoms with E-state index < -0.39 is 0 Å². The van der Waals surface area contributed by atoms with Crippen LogP contribution in [0.2, 0.25) is 0 Å². The summed E-state index contributed by atoms with van der Waals surface area (Å²) in [5, 5.41) is 2.81. The number of para-hydroxylation sites is 1. The number of nitrogens with two attached hydrogens (primary N) is 1. The maximum absolute atomic E-state index is 12.1. The molecule has 3 N–H and O–H groups in total. The molecular weight excluding hydrogens is 226 g/mol. The van der Waals surface area contributed by atoms with Crippen LogP contribution in [0.5, 0.6) is 0 Å². The molecule has 1 amide bonds. The topological polar surface area (TPSA) is 68.0 Å². The number of nitrogens with zero attached hydrogens (tertiary/aromatic N) is 1. The molecule has 0 aliphatic heterocycles. The average molecular weight is 241 g/mol. The molecule has 2 rings (SSSR count). The molecule has 0 atom stereocenters. The van der Waals surface area contributed by atoms with Gasteiger partial charge >= 0.3 is 0 Å². The second-order valence-corrected chi connectivity index (χ2v) is 4.16. The zero-order valence-electron chi connectivity index (χ0n) is 10.4. The molecule has 0 unspecified atom stereocenters. The Morgan fingerprint density at radius 2 is 1.89 bits per heavy atom. The summed E-state index contributed by atoms with van der Waals surface area (Å²) in [5.41, 5.74) is 9.23. The highest BCUT2D eigenvalue weighted by atomic mass is 16.1. The van der Waals surface area contributed by atoms with Crippen LogP contribution in [0, 0.1) is 13.8 Å². The number of aryl methyl sites for hydroxylation is 2. The number of hydrogen-bond donors (Lipinski definition) is 2. The first-order valence-corrected chi connectivity index (χ1v) is 5.67. The number of rotatable bonds is 2. The number of aromatic nitrogens is 1. The Hall–Kier alpha value is -2.36. The smallest absolute Gasteiger partial charge is 0.274 e. The molecule has 0 bridgehead atoms. The van der Waals surface area contributed by atoms with E-state index in [4.69, 9.17) is 5.73 Å². The van der Waals surface area contributed by atoms with Gasteiger partial charge in [0, 0.05) is 6.20 Å². The Kier molecular flexibility index (Phi) is 3.28. The number of pyridine rings is 1. The van der Waals surface area contributed by atoms with Crippen LogP contribution < -0.4 is 11.1 Å². The van der Waals surface area contributed by atoms with Crippen LogP contribution in [0.15, 0.2) is 36.5 Å². The third-order valence-electron chi connectivity index (χ3n) is 2.77. The highest BCUT2D eigenvalue weighted by molar-refractivity contribution is 6.05. The fourth-order valence-electron chi connectivity index (χ4n) is 1.76. The maximum Gasteiger partial charge on any atom is 0.274 e. The van der Waals surface area contributed by atoms with Crippen molar-refractivity contribution in [1.82, 2.24) is 4.98 Å². The van der Waals surface area contributed by atoms with Gasteiger partial charge in [-0.05, 0) is 37.1 Å². The largest absolute Gasteiger partial charge is 0.397 e. The van der Waals surface area contributed by atoms with Crippen molar-refractivity contribution in [2.45, 2.75) is 13.8 Å². The monoisotopic (exact) mass is 241 g/mol. The lowest BCUT2D eigenvalue weighted by molar-refractivity contribution is 0.102. The van der Waals surface area contributed by atoms with Crippen LogP contribution in [-0.2, 0) is 0 Å². The lowest BCUT2D eigenvalue weighted by atomic mass is 10.1. The summed E-state index contributed by atoms with van der Waals surface area (Å²) in [6, 6.07) is 9.16. The van der Waals surface area contributed by atoms with Gasteiger partial charge in [0.25, 0.3) is 5.91 Å². The second-order valence-electron chi connectivity index (χ2n) is 4.16. The van der Waals surface area contributed by atoms with E-state index in [0.29, 0.717) is 17.1 Å². The van der Waals surface area contributed by atoms with E-state index in [-0.39, 0.29) is 5.91 Å². The molecule has 18 heavy (non-hydrogen) atoms. The van der Waals surface area contributed by atoms with Crippen LogP contribution in [0.25, 0.3) is 0 Å². The molecule has 0 fully saturated rings. The van der Waals surface area contributed by atoms with Crippen molar-refractivity contribution in [3.05, 3.63) is 53.3 Å². The molecule has 1 aromatic carbocycles. The summed E-state index contributed by atoms with van der Waals surface area (Å²) in [6.07, 6.45) is 1.60. The molecule has 4 nitrogen and oxygen atoms in total. The molecule has 0 saturated heterocycles. The predicted molar refractivity (Wildman–Crippen MR) is 72.5 cm³/mol. The van der Waals surface area contributed by atoms with Crippen molar-refractivity contribution in [2.24, 2.45) is 0 Å². The lowest BCUT2D eigenvalue weighted by Crippen LogP contribution is -2.16. The maximum atomic E-state index is 12.1. The Morgan fingerprint density at radius 3 is 2.56 bits per heavy atom. The Labute approximate surface area is 106 Å². The van der Waals surface area contributed by atoms with Crippen LogP contribution in [-0.4, -0.2) is 10.9 Å². The number of hydrogen-bond acceptors (Lipinski definition) is 3. The van der Waals surface area contributed by atoms with Crippen molar-refractivity contribution in [3.8, 4) is 0 Å². The minimum atomic E-state index is -0.242. The first kappa shape index (κ1) is 12.1. The number of carbonyl (C=O) groups is 1. The van der Waals surface area contributed by atoms with Crippen molar-refractivity contribution < 1.29 is 4.79 Å². The molecule has 1 aromatic heterocycles. The van der Waals surface area contributed by atoms with E-state index in [2.05, 4.69) is 10.3 Å². The van der Waals surface area contributed by atoms with Crippen molar-refractivity contribution in [3.63, 3.8) is 0 Å². The second kappa shape index (κ2) is 4.87. The van der Waals surface area contributed by atoms with Crippen LogP contribution in [0.3, 0.4) is 0 Å². The number of nitrogen functional groups attached to an aromatic ring is 1. The number of carbonyl (C=O) groups excluding carboxylic acids is 1. The van der Waals surface area contributed by atoms with Gasteiger partial charge in [-0.2, -0.15) is 0 Å². The van der Waals surface area contributed by atoms with Gasteiger partial charge in [0.2, 0.25) is 0 Å². The molecule has 4 heteroatoms. The molecule has 2 aromatic rings. The van der Waals surface area contributed by atoms with Crippen molar-refractivity contribution in [1.29, 1.82) is 0 Å². The van der Waals surface area contributed by atoms with E-state index in [0.717, 1.165) is 11.1 Å². The van der Waals surface area contributed by atoms with E-state index in [1.54, 1.807) is 18.3 Å². The molecule has 0 saturated carbocycles. The third kappa shape index (κ3) is 2.32. The fourth-order valence-corrected chi connectivity index (χ4v) is 1.76. The van der Waals surface area contributed by atoms with Gasteiger partial charge in [-0.1, -0.05) is 18.2 Å². The van der Waals surface area contributed by atoms with Crippen molar-refractivity contribution >= 4 is 17.3 Å². The van der Waals surface area contributed by atoms with Gasteiger partial charge in [0.05, 0.1) is 11.4 Å². The van der Waals surface area contributed by atoms with E-state index >= 15 is 0 Å². The fraction of sp³-hybridized carbons (Fsp3) is 0.143. The van der Waals surface area contributed by atoms with Gasteiger partial charge < -0.3 is 11.1 Å². The minimum absolute atomic E-state index is 0.242. The van der Waals surface area contributed by atoms with Gasteiger partial charge in [0.1, 0.15) is 5.69 Å². The standard InChI is InChI=1S/C14H15N3O/c1-9-5-3-7-11(15)12(9)17-14(18)13-10(2)6-4-8-16-13/h3-8H,15H2,1-2H3,(H,17,18). The Balaban J connectivity index is 2.30. The van der Waals surface area contributed by atoms with E-state index in [1.165, 1.54) is 0 Å². The first-order valence-electron chi connectivity index (χ1n) is 5.67. The normalized spacial score (nSPS) is 10.1. The van der Waals surface area contributed by atoms with E-state index in [9.17, 15) is 4.79 Å².